The minimum atomic E-state index is -0.486. The molecule has 1 aliphatic heterocycles. The summed E-state index contributed by atoms with van der Waals surface area (Å²) in [5.41, 5.74) is 5.42. The number of nitrogens with two attached hydrogens (primary N) is 1. The molecule has 0 aliphatic carbocycles. The van der Waals surface area contributed by atoms with Gasteiger partial charge in [0, 0.05) is 18.8 Å². The van der Waals surface area contributed by atoms with Crippen molar-refractivity contribution < 1.29 is 9.66 Å². The summed E-state index contributed by atoms with van der Waals surface area (Å²) in [5, 5.41) is 14.3. The Hall–Kier alpha value is -1.96. The maximum atomic E-state index is 11.1. The van der Waals surface area contributed by atoms with Crippen molar-refractivity contribution in [2.75, 3.05) is 24.3 Å². The summed E-state index contributed by atoms with van der Waals surface area (Å²) in [6.07, 6.45) is 1.51. The number of nitrogens with zero attached hydrogens (tertiary/aromatic N) is 3. The second kappa shape index (κ2) is 4.96. The molecule has 3 N–H and O–H groups in total. The third kappa shape index (κ3) is 2.90. The van der Waals surface area contributed by atoms with Crippen LogP contribution in [0, 0.1) is 17.0 Å². The van der Waals surface area contributed by atoms with Gasteiger partial charge in [-0.15, -0.1) is 0 Å². The van der Waals surface area contributed by atoms with Gasteiger partial charge in [-0.1, -0.05) is 0 Å². The first-order valence-corrected chi connectivity index (χ1v) is 6.06. The van der Waals surface area contributed by atoms with Crippen LogP contribution in [0.1, 0.15) is 25.5 Å². The molecule has 1 aromatic heterocycles. The van der Waals surface area contributed by atoms with Crippen molar-refractivity contribution in [1.29, 1.82) is 0 Å². The molecular formula is C11H17N5O3. The van der Waals surface area contributed by atoms with Gasteiger partial charge in [-0.3, -0.25) is 10.1 Å². The van der Waals surface area contributed by atoms with E-state index in [1.54, 1.807) is 6.92 Å². The average Bonchev–Trinajstić information content (AvgIpc) is 2.27. The van der Waals surface area contributed by atoms with Gasteiger partial charge >= 0.3 is 5.69 Å². The molecule has 0 atom stereocenters. The van der Waals surface area contributed by atoms with E-state index in [4.69, 9.17) is 10.5 Å². The number of hydrogen-bond acceptors (Lipinski definition) is 7. The number of ether oxygens (including phenoxy) is 1. The van der Waals surface area contributed by atoms with Gasteiger partial charge in [0.25, 0.3) is 0 Å². The maximum absolute atomic E-state index is 11.1. The van der Waals surface area contributed by atoms with Crippen LogP contribution in [0.2, 0.25) is 0 Å². The summed E-state index contributed by atoms with van der Waals surface area (Å²) in [4.78, 5) is 18.4. The smallest absolute Gasteiger partial charge is 0.332 e. The first-order chi connectivity index (χ1) is 8.91. The summed E-state index contributed by atoms with van der Waals surface area (Å²) in [6, 6.07) is 0. The highest BCUT2D eigenvalue weighted by atomic mass is 16.6. The molecule has 104 valence electrons. The van der Waals surface area contributed by atoms with E-state index in [0.717, 1.165) is 12.8 Å². The Morgan fingerprint density at radius 2 is 2.05 bits per heavy atom. The first-order valence-electron chi connectivity index (χ1n) is 6.06. The van der Waals surface area contributed by atoms with E-state index in [1.165, 1.54) is 0 Å². The van der Waals surface area contributed by atoms with Crippen LogP contribution in [-0.4, -0.2) is 33.6 Å². The third-order valence-corrected chi connectivity index (χ3v) is 3.27. The average molecular weight is 267 g/mol. The lowest BCUT2D eigenvalue weighted by atomic mass is 9.92. The zero-order chi connectivity index (χ0) is 14.0. The van der Waals surface area contributed by atoms with Crippen molar-refractivity contribution in [3.8, 4) is 0 Å². The molecule has 0 spiro atoms. The van der Waals surface area contributed by atoms with Crippen LogP contribution < -0.4 is 11.1 Å². The molecule has 2 heterocycles. The fourth-order valence-electron chi connectivity index (χ4n) is 2.13. The fourth-order valence-corrected chi connectivity index (χ4v) is 2.13. The second-order valence-corrected chi connectivity index (χ2v) is 4.92. The van der Waals surface area contributed by atoms with Crippen molar-refractivity contribution in [3.05, 3.63) is 15.8 Å². The number of hydrogen-bond donors (Lipinski definition) is 2. The van der Waals surface area contributed by atoms with E-state index >= 15 is 0 Å². The molecule has 1 saturated heterocycles. The van der Waals surface area contributed by atoms with Gasteiger partial charge in [-0.2, -0.15) is 4.98 Å². The largest absolute Gasteiger partial charge is 0.381 e. The van der Waals surface area contributed by atoms with Crippen LogP contribution in [0.4, 0.5) is 17.5 Å². The lowest BCUT2D eigenvalue weighted by molar-refractivity contribution is -0.385. The Bertz CT molecular complexity index is 499. The molecule has 1 aromatic rings. The number of nitrogen functional groups attached to an aromatic ring is 1. The van der Waals surface area contributed by atoms with Crippen molar-refractivity contribution in [3.63, 3.8) is 0 Å². The maximum Gasteiger partial charge on any atom is 0.332 e. The molecule has 8 nitrogen and oxygen atoms in total. The molecule has 0 bridgehead atoms. The number of rotatable bonds is 3. The van der Waals surface area contributed by atoms with Gasteiger partial charge in [0.15, 0.2) is 0 Å². The summed E-state index contributed by atoms with van der Waals surface area (Å²) < 4.78 is 5.30. The van der Waals surface area contributed by atoms with Gasteiger partial charge in [0.2, 0.25) is 11.8 Å². The van der Waals surface area contributed by atoms with Crippen molar-refractivity contribution in [2.24, 2.45) is 0 Å². The molecule has 0 amide bonds. The summed E-state index contributed by atoms with van der Waals surface area (Å²) in [7, 11) is 0. The highest BCUT2D eigenvalue weighted by molar-refractivity contribution is 5.61. The SMILES string of the molecule is Cc1nc(N)nc(NC2(C)CCOCC2)c1[N+](=O)[O-]. The highest BCUT2D eigenvalue weighted by Gasteiger charge is 2.31. The normalized spacial score (nSPS) is 18.0. The van der Waals surface area contributed by atoms with Crippen LogP contribution in [0.25, 0.3) is 0 Å². The molecule has 8 heteroatoms. The standard InChI is InChI=1S/C11H17N5O3/c1-7-8(16(17)18)9(14-10(12)13-7)15-11(2)3-5-19-6-4-11/h3-6H2,1-2H3,(H3,12,13,14,15). The van der Waals surface area contributed by atoms with E-state index in [9.17, 15) is 10.1 Å². The lowest BCUT2D eigenvalue weighted by Gasteiger charge is -2.34. The molecule has 1 aliphatic rings. The number of nitro groups is 1. The Morgan fingerprint density at radius 1 is 1.42 bits per heavy atom. The molecule has 0 radical (unpaired) electrons. The molecule has 0 aromatic carbocycles. The van der Waals surface area contributed by atoms with Crippen LogP contribution in [0.3, 0.4) is 0 Å². The number of anilines is 2. The second-order valence-electron chi connectivity index (χ2n) is 4.92. The van der Waals surface area contributed by atoms with E-state index in [1.807, 2.05) is 6.92 Å². The number of aromatic nitrogens is 2. The van der Waals surface area contributed by atoms with Gasteiger partial charge in [-0.05, 0) is 26.7 Å². The Balaban J connectivity index is 2.35. The van der Waals surface area contributed by atoms with E-state index in [0.29, 0.717) is 13.2 Å². The van der Waals surface area contributed by atoms with Crippen LogP contribution in [0.5, 0.6) is 0 Å². The topological polar surface area (TPSA) is 116 Å². The van der Waals surface area contributed by atoms with Gasteiger partial charge in [0.05, 0.1) is 4.92 Å². The molecule has 1 fully saturated rings. The van der Waals surface area contributed by atoms with Gasteiger partial charge < -0.3 is 15.8 Å². The minimum Gasteiger partial charge on any atom is -0.381 e. The zero-order valence-corrected chi connectivity index (χ0v) is 11.0. The van der Waals surface area contributed by atoms with Crippen LogP contribution in [0.15, 0.2) is 0 Å². The van der Waals surface area contributed by atoms with E-state index < -0.39 is 4.92 Å². The fraction of sp³-hybridized carbons (Fsp3) is 0.636. The molecule has 0 saturated carbocycles. The van der Waals surface area contributed by atoms with E-state index in [-0.39, 0.29) is 28.7 Å². The quantitative estimate of drug-likeness (QED) is 0.625. The predicted molar refractivity (Wildman–Crippen MR) is 69.9 cm³/mol. The molecule has 0 unspecified atom stereocenters. The Labute approximate surface area is 110 Å². The predicted octanol–water partition coefficient (Wildman–Crippen LogP) is 1.26. The van der Waals surface area contributed by atoms with Crippen molar-refractivity contribution >= 4 is 17.5 Å². The summed E-state index contributed by atoms with van der Waals surface area (Å²) >= 11 is 0. The summed E-state index contributed by atoms with van der Waals surface area (Å²) in [5.74, 6) is 0.209. The molecule has 2 rings (SSSR count). The highest BCUT2D eigenvalue weighted by Crippen LogP contribution is 2.31. The monoisotopic (exact) mass is 267 g/mol. The van der Waals surface area contributed by atoms with Crippen LogP contribution >= 0.6 is 0 Å². The zero-order valence-electron chi connectivity index (χ0n) is 11.0. The minimum absolute atomic E-state index is 0.0289. The third-order valence-electron chi connectivity index (χ3n) is 3.27. The van der Waals surface area contributed by atoms with Gasteiger partial charge in [0.1, 0.15) is 5.69 Å². The number of aryl methyl sites for hydroxylation is 1. The van der Waals surface area contributed by atoms with Crippen LogP contribution in [-0.2, 0) is 4.74 Å². The van der Waals surface area contributed by atoms with Gasteiger partial charge in [-0.25, -0.2) is 4.98 Å². The summed E-state index contributed by atoms with van der Waals surface area (Å²) in [6.45, 7) is 4.79. The van der Waals surface area contributed by atoms with E-state index in [2.05, 4.69) is 15.3 Å². The first kappa shape index (κ1) is 13.5. The van der Waals surface area contributed by atoms with Crippen molar-refractivity contribution in [1.82, 2.24) is 9.97 Å². The Morgan fingerprint density at radius 3 is 2.63 bits per heavy atom. The lowest BCUT2D eigenvalue weighted by Crippen LogP contribution is -2.41. The molecular weight excluding hydrogens is 250 g/mol. The molecule has 19 heavy (non-hydrogen) atoms. The Kier molecular flexibility index (Phi) is 3.52. The van der Waals surface area contributed by atoms with Crippen molar-refractivity contribution in [2.45, 2.75) is 32.2 Å². The number of nitrogens with one attached hydrogen (secondary N) is 1.